The number of benzene rings is 1. The van der Waals surface area contributed by atoms with Gasteiger partial charge in [0.2, 0.25) is 0 Å². The van der Waals surface area contributed by atoms with E-state index in [4.69, 9.17) is 4.74 Å². The van der Waals surface area contributed by atoms with Crippen LogP contribution in [0.4, 0.5) is 0 Å². The SMILES string of the molecule is CCOc1ccc2ncc(Br)c(Br)c2c1. The lowest BCUT2D eigenvalue weighted by Gasteiger charge is -2.06. The fourth-order valence-electron chi connectivity index (χ4n) is 1.37. The predicted molar refractivity (Wildman–Crippen MR) is 68.3 cm³/mol. The van der Waals surface area contributed by atoms with Gasteiger partial charge in [-0.25, -0.2) is 0 Å². The highest BCUT2D eigenvalue weighted by atomic mass is 79.9. The molecule has 0 amide bonds. The van der Waals surface area contributed by atoms with Crippen LogP contribution in [0.25, 0.3) is 10.9 Å². The van der Waals surface area contributed by atoms with E-state index in [1.54, 1.807) is 6.20 Å². The molecule has 0 spiro atoms. The van der Waals surface area contributed by atoms with Gasteiger partial charge in [-0.05, 0) is 57.0 Å². The molecule has 78 valence electrons. The van der Waals surface area contributed by atoms with Crippen LogP contribution in [0, 0.1) is 0 Å². The first-order valence-corrected chi connectivity index (χ1v) is 6.17. The Labute approximate surface area is 105 Å². The van der Waals surface area contributed by atoms with Gasteiger partial charge in [-0.2, -0.15) is 0 Å². The van der Waals surface area contributed by atoms with Gasteiger partial charge in [0.25, 0.3) is 0 Å². The van der Waals surface area contributed by atoms with Crippen LogP contribution in [0.3, 0.4) is 0 Å². The summed E-state index contributed by atoms with van der Waals surface area (Å²) in [5.74, 6) is 0.866. The molecule has 1 heterocycles. The highest BCUT2D eigenvalue weighted by Gasteiger charge is 2.05. The number of nitrogens with zero attached hydrogens (tertiary/aromatic N) is 1. The molecule has 2 rings (SSSR count). The maximum Gasteiger partial charge on any atom is 0.120 e. The molecular formula is C11H9Br2NO. The quantitative estimate of drug-likeness (QED) is 0.825. The van der Waals surface area contributed by atoms with Crippen LogP contribution in [0.1, 0.15) is 6.92 Å². The van der Waals surface area contributed by atoms with E-state index in [9.17, 15) is 0 Å². The molecule has 0 saturated carbocycles. The Hall–Kier alpha value is -0.610. The Morgan fingerprint density at radius 3 is 2.87 bits per heavy atom. The number of fused-ring (bicyclic) bond motifs is 1. The minimum Gasteiger partial charge on any atom is -0.494 e. The molecule has 4 heteroatoms. The summed E-state index contributed by atoms with van der Waals surface area (Å²) in [7, 11) is 0. The van der Waals surface area contributed by atoms with E-state index in [2.05, 4.69) is 36.8 Å². The predicted octanol–water partition coefficient (Wildman–Crippen LogP) is 4.16. The fourth-order valence-corrected chi connectivity index (χ4v) is 2.11. The third-order valence-electron chi connectivity index (χ3n) is 2.04. The first-order valence-electron chi connectivity index (χ1n) is 4.59. The van der Waals surface area contributed by atoms with Crippen molar-refractivity contribution in [3.8, 4) is 5.75 Å². The van der Waals surface area contributed by atoms with Crippen LogP contribution in [0.2, 0.25) is 0 Å². The van der Waals surface area contributed by atoms with Gasteiger partial charge in [0.15, 0.2) is 0 Å². The minimum absolute atomic E-state index is 0.671. The molecule has 0 saturated heterocycles. The summed E-state index contributed by atoms with van der Waals surface area (Å²) >= 11 is 6.95. The molecule has 0 aliphatic rings. The maximum absolute atomic E-state index is 5.44. The van der Waals surface area contributed by atoms with Crippen LogP contribution >= 0.6 is 31.9 Å². The summed E-state index contributed by atoms with van der Waals surface area (Å²) in [6, 6.07) is 5.87. The highest BCUT2D eigenvalue weighted by molar-refractivity contribution is 9.13. The zero-order valence-corrected chi connectivity index (χ0v) is 11.3. The first kappa shape index (κ1) is 10.9. The lowest BCUT2D eigenvalue weighted by atomic mass is 10.2. The number of hydrogen-bond donors (Lipinski definition) is 0. The molecule has 15 heavy (non-hydrogen) atoms. The summed E-state index contributed by atoms with van der Waals surface area (Å²) in [6.45, 7) is 2.64. The van der Waals surface area contributed by atoms with E-state index in [1.165, 1.54) is 0 Å². The normalized spacial score (nSPS) is 10.6. The number of aromatic nitrogens is 1. The molecule has 0 fully saturated rings. The largest absolute Gasteiger partial charge is 0.494 e. The van der Waals surface area contributed by atoms with Gasteiger partial charge in [0.05, 0.1) is 16.6 Å². The monoisotopic (exact) mass is 329 g/mol. The molecule has 2 aromatic rings. The second kappa shape index (κ2) is 4.49. The summed E-state index contributed by atoms with van der Waals surface area (Å²) < 4.78 is 7.40. The Balaban J connectivity index is 2.63. The molecule has 0 N–H and O–H groups in total. The Kier molecular flexibility index (Phi) is 3.26. The smallest absolute Gasteiger partial charge is 0.120 e. The van der Waals surface area contributed by atoms with Gasteiger partial charge in [-0.1, -0.05) is 0 Å². The molecule has 0 aliphatic heterocycles. The first-order chi connectivity index (χ1) is 7.22. The van der Waals surface area contributed by atoms with Gasteiger partial charge >= 0.3 is 0 Å². The summed E-state index contributed by atoms with van der Waals surface area (Å²) in [4.78, 5) is 4.31. The van der Waals surface area contributed by atoms with E-state index in [1.807, 2.05) is 25.1 Å². The Morgan fingerprint density at radius 1 is 1.33 bits per heavy atom. The summed E-state index contributed by atoms with van der Waals surface area (Å²) in [5, 5.41) is 1.05. The van der Waals surface area contributed by atoms with Crippen molar-refractivity contribution in [2.75, 3.05) is 6.61 Å². The second-order valence-corrected chi connectivity index (χ2v) is 4.68. The van der Waals surface area contributed by atoms with Crippen molar-refractivity contribution in [3.63, 3.8) is 0 Å². The average molecular weight is 331 g/mol. The maximum atomic E-state index is 5.44. The van der Waals surface area contributed by atoms with Gasteiger partial charge in [-0.3, -0.25) is 4.98 Å². The Morgan fingerprint density at radius 2 is 2.13 bits per heavy atom. The number of pyridine rings is 1. The van der Waals surface area contributed by atoms with Crippen molar-refractivity contribution in [1.82, 2.24) is 4.98 Å². The molecule has 0 radical (unpaired) electrons. The van der Waals surface area contributed by atoms with Gasteiger partial charge in [0.1, 0.15) is 5.75 Å². The molecule has 1 aromatic heterocycles. The van der Waals surface area contributed by atoms with Crippen molar-refractivity contribution < 1.29 is 4.74 Å². The van der Waals surface area contributed by atoms with Crippen molar-refractivity contribution in [1.29, 1.82) is 0 Å². The fraction of sp³-hybridized carbons (Fsp3) is 0.182. The number of halogens is 2. The standard InChI is InChI=1S/C11H9Br2NO/c1-2-15-7-3-4-10-8(5-7)11(13)9(12)6-14-10/h3-6H,2H2,1H3. The highest BCUT2D eigenvalue weighted by Crippen LogP contribution is 2.31. The summed E-state index contributed by atoms with van der Waals surface area (Å²) in [6.07, 6.45) is 1.78. The zero-order valence-electron chi connectivity index (χ0n) is 8.13. The molecule has 0 atom stereocenters. The number of rotatable bonds is 2. The van der Waals surface area contributed by atoms with E-state index < -0.39 is 0 Å². The molecule has 0 bridgehead atoms. The molecule has 0 aliphatic carbocycles. The molecule has 1 aromatic carbocycles. The zero-order chi connectivity index (χ0) is 10.8. The average Bonchev–Trinajstić information content (AvgIpc) is 2.25. The van der Waals surface area contributed by atoms with Crippen LogP contribution < -0.4 is 4.74 Å². The van der Waals surface area contributed by atoms with Crippen molar-refractivity contribution in [2.24, 2.45) is 0 Å². The van der Waals surface area contributed by atoms with Crippen molar-refractivity contribution in [2.45, 2.75) is 6.92 Å². The van der Waals surface area contributed by atoms with E-state index in [0.717, 1.165) is 25.6 Å². The topological polar surface area (TPSA) is 22.1 Å². The lowest BCUT2D eigenvalue weighted by molar-refractivity contribution is 0.340. The molecular weight excluding hydrogens is 322 g/mol. The third kappa shape index (κ3) is 2.16. The van der Waals surface area contributed by atoms with Gasteiger partial charge in [-0.15, -0.1) is 0 Å². The van der Waals surface area contributed by atoms with Gasteiger partial charge in [0, 0.05) is 16.1 Å². The lowest BCUT2D eigenvalue weighted by Crippen LogP contribution is -1.91. The summed E-state index contributed by atoms with van der Waals surface area (Å²) in [5.41, 5.74) is 0.952. The van der Waals surface area contributed by atoms with Crippen molar-refractivity contribution >= 4 is 42.8 Å². The van der Waals surface area contributed by atoms with Gasteiger partial charge < -0.3 is 4.74 Å². The van der Waals surface area contributed by atoms with E-state index in [-0.39, 0.29) is 0 Å². The molecule has 0 unspecified atom stereocenters. The number of ether oxygens (including phenoxy) is 1. The van der Waals surface area contributed by atoms with E-state index >= 15 is 0 Å². The van der Waals surface area contributed by atoms with Crippen molar-refractivity contribution in [3.05, 3.63) is 33.3 Å². The third-order valence-corrected chi connectivity index (χ3v) is 4.03. The Bertz CT molecular complexity index is 499. The van der Waals surface area contributed by atoms with Crippen LogP contribution in [-0.2, 0) is 0 Å². The minimum atomic E-state index is 0.671. The number of hydrogen-bond acceptors (Lipinski definition) is 2. The second-order valence-electron chi connectivity index (χ2n) is 3.03. The van der Waals surface area contributed by atoms with Crippen LogP contribution in [0.15, 0.2) is 33.3 Å². The van der Waals surface area contributed by atoms with Crippen LogP contribution in [0.5, 0.6) is 5.75 Å². The molecule has 2 nitrogen and oxygen atoms in total. The van der Waals surface area contributed by atoms with Crippen LogP contribution in [-0.4, -0.2) is 11.6 Å². The van der Waals surface area contributed by atoms with E-state index in [0.29, 0.717) is 6.61 Å².